The van der Waals surface area contributed by atoms with Gasteiger partial charge in [-0.25, -0.2) is 35.6 Å². The molecule has 0 aliphatic carbocycles. The van der Waals surface area contributed by atoms with Crippen molar-refractivity contribution in [2.45, 2.75) is 86.3 Å². The van der Waals surface area contributed by atoms with E-state index in [4.69, 9.17) is 0 Å². The van der Waals surface area contributed by atoms with Crippen LogP contribution >= 0.6 is 11.3 Å². The average molecular weight is 789 g/mol. The maximum atomic E-state index is 14.0. The average Bonchev–Trinajstić information content (AvgIpc) is 3.41. The molecule has 18 heteroatoms. The first-order valence-corrected chi connectivity index (χ1v) is 19.1. The van der Waals surface area contributed by atoms with Gasteiger partial charge in [0.15, 0.2) is 24.8 Å². The lowest BCUT2D eigenvalue weighted by molar-refractivity contribution is -0.137. The number of thiazole rings is 1. The van der Waals surface area contributed by atoms with Crippen LogP contribution in [0.4, 0.5) is 32.9 Å². The molecule has 0 atom stereocenters. The van der Waals surface area contributed by atoms with Crippen LogP contribution in [0.15, 0.2) is 76.7 Å². The fourth-order valence-electron chi connectivity index (χ4n) is 4.41. The monoisotopic (exact) mass is 788 g/mol. The lowest BCUT2D eigenvalue weighted by atomic mass is 9.94. The van der Waals surface area contributed by atoms with Crippen LogP contribution in [0, 0.1) is 18.6 Å². The molecule has 2 heterocycles. The van der Waals surface area contributed by atoms with Gasteiger partial charge in [-0.2, -0.15) is 13.2 Å². The first-order chi connectivity index (χ1) is 23.7. The van der Waals surface area contributed by atoms with Crippen LogP contribution < -0.4 is 10.6 Å². The zero-order valence-corrected chi connectivity index (χ0v) is 31.8. The summed E-state index contributed by atoms with van der Waals surface area (Å²) in [6.07, 6.45) is -4.09. The summed E-state index contributed by atoms with van der Waals surface area (Å²) in [5.41, 5.74) is -0.374. The SMILES string of the molecule is CC(C)(C(=O)Nc1ccc(C(F)(F)F)cn1)S(=O)(=O)c1ccccc1F.Cc1nc(NC(=O)C(C)(C)S(=O)(=O)c2ccccc2F)sc1C(C)(C)C. The Balaban J connectivity index is 0.000000280. The Hall–Kier alpha value is -4.29. The number of aromatic nitrogens is 2. The van der Waals surface area contributed by atoms with Crippen molar-refractivity contribution in [1.82, 2.24) is 9.97 Å². The smallest absolute Gasteiger partial charge is 0.309 e. The van der Waals surface area contributed by atoms with Crippen molar-refractivity contribution >= 4 is 53.8 Å². The highest BCUT2D eigenvalue weighted by Gasteiger charge is 2.45. The quantitative estimate of drug-likeness (QED) is 0.174. The van der Waals surface area contributed by atoms with Gasteiger partial charge in [-0.05, 0) is 76.4 Å². The fraction of sp³-hybridized carbons (Fsp3) is 0.353. The number of amides is 2. The molecule has 2 aromatic carbocycles. The molecule has 10 nitrogen and oxygen atoms in total. The molecule has 282 valence electrons. The lowest BCUT2D eigenvalue weighted by Crippen LogP contribution is -2.44. The van der Waals surface area contributed by atoms with Crippen molar-refractivity contribution in [2.24, 2.45) is 0 Å². The van der Waals surface area contributed by atoms with Crippen molar-refractivity contribution in [3.05, 3.63) is 94.6 Å². The van der Waals surface area contributed by atoms with Crippen LogP contribution in [-0.4, -0.2) is 48.1 Å². The van der Waals surface area contributed by atoms with E-state index < -0.39 is 74.1 Å². The van der Waals surface area contributed by atoms with Crippen molar-refractivity contribution in [2.75, 3.05) is 10.6 Å². The minimum absolute atomic E-state index is 0.139. The van der Waals surface area contributed by atoms with Crippen LogP contribution in [0.3, 0.4) is 0 Å². The van der Waals surface area contributed by atoms with Crippen molar-refractivity contribution in [3.8, 4) is 0 Å². The zero-order chi connectivity index (χ0) is 39.7. The number of nitrogens with one attached hydrogen (secondary N) is 2. The number of nitrogens with zero attached hydrogens (tertiary/aromatic N) is 2. The number of alkyl halides is 3. The number of carbonyl (C=O) groups is 2. The molecule has 0 radical (unpaired) electrons. The van der Waals surface area contributed by atoms with E-state index in [1.165, 1.54) is 49.4 Å². The second-order valence-electron chi connectivity index (χ2n) is 13.4. The first-order valence-electron chi connectivity index (χ1n) is 15.3. The van der Waals surface area contributed by atoms with Gasteiger partial charge in [0.05, 0.1) is 11.3 Å². The number of sulfone groups is 2. The van der Waals surface area contributed by atoms with E-state index in [1.54, 1.807) is 0 Å². The molecule has 2 amide bonds. The van der Waals surface area contributed by atoms with Crippen LogP contribution in [-0.2, 0) is 40.9 Å². The number of hydrogen-bond donors (Lipinski definition) is 2. The molecule has 2 aromatic heterocycles. The Bertz CT molecular complexity index is 2180. The fourth-order valence-corrected chi connectivity index (χ4v) is 8.29. The standard InChI is InChI=1S/C18H23FN2O3S2.C16H14F4N2O3S/c1-11-14(17(2,3)4)25-16(20-11)21-15(22)18(5,6)26(23,24)13-10-8-7-9-12(13)19;1-15(2,26(24,25)12-6-4-3-5-11(12)17)14(23)22-13-8-7-10(9-21-13)16(18,19)20/h7-10H,1-6H3,(H,20,21,22);3-9H,1-2H3,(H,21,22,23). The van der Waals surface area contributed by atoms with E-state index in [0.717, 1.165) is 54.8 Å². The van der Waals surface area contributed by atoms with Gasteiger partial charge in [0, 0.05) is 11.1 Å². The summed E-state index contributed by atoms with van der Waals surface area (Å²) in [5, 5.41) is 5.04. The van der Waals surface area contributed by atoms with Crippen molar-refractivity contribution in [3.63, 3.8) is 0 Å². The number of hydrogen-bond acceptors (Lipinski definition) is 9. The molecule has 4 aromatic rings. The number of aryl methyl sites for hydroxylation is 1. The maximum Gasteiger partial charge on any atom is 0.417 e. The summed E-state index contributed by atoms with van der Waals surface area (Å²) in [7, 11) is -8.65. The van der Waals surface area contributed by atoms with E-state index >= 15 is 0 Å². The number of carbonyl (C=O) groups excluding carboxylic acids is 2. The number of halogens is 5. The third-order valence-corrected chi connectivity index (χ3v) is 14.1. The third kappa shape index (κ3) is 8.83. The van der Waals surface area contributed by atoms with E-state index in [2.05, 4.69) is 20.6 Å². The summed E-state index contributed by atoms with van der Waals surface area (Å²) < 4.78 is 112. The first kappa shape index (κ1) is 42.1. The summed E-state index contributed by atoms with van der Waals surface area (Å²) in [4.78, 5) is 32.7. The van der Waals surface area contributed by atoms with Gasteiger partial charge in [0.1, 0.15) is 36.7 Å². The molecular formula is C34H37F5N4O6S3. The van der Waals surface area contributed by atoms with Crippen LogP contribution in [0.5, 0.6) is 0 Å². The number of rotatable bonds is 8. The normalized spacial score (nSPS) is 12.8. The van der Waals surface area contributed by atoms with Gasteiger partial charge in [-0.1, -0.05) is 45.0 Å². The Kier molecular flexibility index (Phi) is 12.1. The molecule has 0 fully saturated rings. The lowest BCUT2D eigenvalue weighted by Gasteiger charge is -2.24. The molecule has 0 unspecified atom stereocenters. The van der Waals surface area contributed by atoms with Crippen LogP contribution in [0.25, 0.3) is 0 Å². The highest BCUT2D eigenvalue weighted by atomic mass is 32.2. The van der Waals surface area contributed by atoms with E-state index in [1.807, 2.05) is 27.7 Å². The minimum atomic E-state index is -4.59. The van der Waals surface area contributed by atoms with Crippen molar-refractivity contribution < 1.29 is 48.4 Å². The second kappa shape index (κ2) is 15.0. The third-order valence-electron chi connectivity index (χ3n) is 7.72. The Labute approximate surface area is 302 Å². The topological polar surface area (TPSA) is 152 Å². The highest BCUT2D eigenvalue weighted by molar-refractivity contribution is 7.94. The van der Waals surface area contributed by atoms with E-state index in [9.17, 15) is 48.4 Å². The van der Waals surface area contributed by atoms with Gasteiger partial charge in [-0.3, -0.25) is 9.59 Å². The second-order valence-corrected chi connectivity index (χ2v) is 19.3. The molecule has 0 saturated carbocycles. The minimum Gasteiger partial charge on any atom is -0.309 e. The number of benzene rings is 2. The van der Waals surface area contributed by atoms with Crippen molar-refractivity contribution in [1.29, 1.82) is 0 Å². The summed E-state index contributed by atoms with van der Waals surface area (Å²) >= 11 is 1.31. The van der Waals surface area contributed by atoms with Crippen LogP contribution in [0.1, 0.15) is 64.6 Å². The molecule has 0 spiro atoms. The molecule has 0 saturated heterocycles. The number of anilines is 2. The summed E-state index contributed by atoms with van der Waals surface area (Å²) in [6, 6.07) is 11.2. The van der Waals surface area contributed by atoms with Gasteiger partial charge < -0.3 is 10.6 Å². The Morgan fingerprint density at radius 2 is 1.13 bits per heavy atom. The Morgan fingerprint density at radius 3 is 1.50 bits per heavy atom. The molecule has 0 aliphatic heterocycles. The highest BCUT2D eigenvalue weighted by Crippen LogP contribution is 2.35. The predicted molar refractivity (Wildman–Crippen MR) is 187 cm³/mol. The zero-order valence-electron chi connectivity index (χ0n) is 29.3. The molecule has 52 heavy (non-hydrogen) atoms. The molecule has 0 bridgehead atoms. The van der Waals surface area contributed by atoms with Gasteiger partial charge in [-0.15, -0.1) is 11.3 Å². The van der Waals surface area contributed by atoms with Gasteiger partial charge in [0.2, 0.25) is 11.8 Å². The summed E-state index contributed by atoms with van der Waals surface area (Å²) in [6.45, 7) is 12.6. The van der Waals surface area contributed by atoms with Gasteiger partial charge >= 0.3 is 6.18 Å². The molecule has 4 rings (SSSR count). The largest absolute Gasteiger partial charge is 0.417 e. The maximum absolute atomic E-state index is 14.0. The van der Waals surface area contributed by atoms with E-state index in [-0.39, 0.29) is 11.2 Å². The van der Waals surface area contributed by atoms with Gasteiger partial charge in [0.25, 0.3) is 0 Å². The molecule has 2 N–H and O–H groups in total. The Morgan fingerprint density at radius 1 is 0.692 bits per heavy atom. The number of pyridine rings is 1. The summed E-state index contributed by atoms with van der Waals surface area (Å²) in [5.74, 6) is -3.97. The van der Waals surface area contributed by atoms with Crippen LogP contribution in [0.2, 0.25) is 0 Å². The predicted octanol–water partition coefficient (Wildman–Crippen LogP) is 7.51. The van der Waals surface area contributed by atoms with E-state index in [0.29, 0.717) is 17.4 Å². The molecular weight excluding hydrogens is 752 g/mol. The molecule has 0 aliphatic rings.